The molecule has 1 saturated heterocycles. The predicted molar refractivity (Wildman–Crippen MR) is 90.5 cm³/mol. The van der Waals surface area contributed by atoms with E-state index < -0.39 is 0 Å². The van der Waals surface area contributed by atoms with Crippen molar-refractivity contribution in [1.29, 1.82) is 0 Å². The Balaban J connectivity index is 1.78. The smallest absolute Gasteiger partial charge is 0.254 e. The maximum Gasteiger partial charge on any atom is 0.254 e. The number of benzene rings is 1. The van der Waals surface area contributed by atoms with E-state index in [0.717, 1.165) is 41.7 Å². The Hall–Kier alpha value is -0.660. The maximum absolute atomic E-state index is 12.5. The van der Waals surface area contributed by atoms with Crippen LogP contribution in [0.3, 0.4) is 0 Å². The van der Waals surface area contributed by atoms with Gasteiger partial charge in [0.15, 0.2) is 0 Å². The van der Waals surface area contributed by atoms with E-state index in [9.17, 15) is 4.79 Å². The molecule has 0 N–H and O–H groups in total. The molecule has 1 aliphatic rings. The van der Waals surface area contributed by atoms with Crippen LogP contribution >= 0.6 is 22.6 Å². The first-order chi connectivity index (χ1) is 10.2. The lowest BCUT2D eigenvalue weighted by atomic mass is 10.1. The number of hydrogen-bond donors (Lipinski definition) is 0. The minimum Gasteiger partial charge on any atom is -0.379 e. The minimum absolute atomic E-state index is 0.132. The van der Waals surface area contributed by atoms with Crippen LogP contribution < -0.4 is 0 Å². The van der Waals surface area contributed by atoms with Gasteiger partial charge in [0, 0.05) is 23.3 Å². The Kier molecular flexibility index (Phi) is 6.92. The molecule has 1 heterocycles. The molecular weight excluding hydrogens is 381 g/mol. The monoisotopic (exact) mass is 403 g/mol. The first kappa shape index (κ1) is 16.7. The summed E-state index contributed by atoms with van der Waals surface area (Å²) < 4.78 is 12.1. The molecule has 1 aromatic rings. The standard InChI is InChI=1S/C16H22INO3/c1-2-20-11-12-21-13-7-9-18(10-8-13)16(19)14-5-3-4-6-15(14)17/h3-6,13H,2,7-12H2,1H3. The molecule has 116 valence electrons. The van der Waals surface area contributed by atoms with E-state index in [-0.39, 0.29) is 12.0 Å². The maximum atomic E-state index is 12.5. The quantitative estimate of drug-likeness (QED) is 0.542. The first-order valence-electron chi connectivity index (χ1n) is 7.45. The molecule has 2 rings (SSSR count). The van der Waals surface area contributed by atoms with Crippen molar-refractivity contribution in [2.75, 3.05) is 32.9 Å². The second-order valence-electron chi connectivity index (χ2n) is 5.04. The molecule has 0 atom stereocenters. The van der Waals surface area contributed by atoms with Crippen LogP contribution in [0.4, 0.5) is 0 Å². The number of ether oxygens (including phenoxy) is 2. The zero-order valence-electron chi connectivity index (χ0n) is 12.4. The van der Waals surface area contributed by atoms with Crippen molar-refractivity contribution in [2.45, 2.75) is 25.9 Å². The van der Waals surface area contributed by atoms with E-state index in [2.05, 4.69) is 22.6 Å². The molecule has 0 spiro atoms. The van der Waals surface area contributed by atoms with E-state index in [4.69, 9.17) is 9.47 Å². The highest BCUT2D eigenvalue weighted by Gasteiger charge is 2.24. The molecule has 21 heavy (non-hydrogen) atoms. The van der Waals surface area contributed by atoms with Gasteiger partial charge in [0.1, 0.15) is 0 Å². The van der Waals surface area contributed by atoms with Crippen molar-refractivity contribution >= 4 is 28.5 Å². The van der Waals surface area contributed by atoms with E-state index in [0.29, 0.717) is 13.2 Å². The van der Waals surface area contributed by atoms with E-state index in [1.807, 2.05) is 36.1 Å². The van der Waals surface area contributed by atoms with Crippen LogP contribution in [0.25, 0.3) is 0 Å². The van der Waals surface area contributed by atoms with Crippen molar-refractivity contribution in [3.63, 3.8) is 0 Å². The number of likely N-dealkylation sites (tertiary alicyclic amines) is 1. The summed E-state index contributed by atoms with van der Waals surface area (Å²) in [6.07, 6.45) is 2.06. The molecule has 0 saturated carbocycles. The Morgan fingerprint density at radius 3 is 2.67 bits per heavy atom. The summed E-state index contributed by atoms with van der Waals surface area (Å²) in [5.41, 5.74) is 0.800. The number of nitrogens with zero attached hydrogens (tertiary/aromatic N) is 1. The Bertz CT molecular complexity index is 459. The largest absolute Gasteiger partial charge is 0.379 e. The molecule has 1 fully saturated rings. The number of carbonyl (C=O) groups is 1. The topological polar surface area (TPSA) is 38.8 Å². The molecule has 0 unspecified atom stereocenters. The molecule has 0 aliphatic carbocycles. The van der Waals surface area contributed by atoms with Crippen molar-refractivity contribution in [3.05, 3.63) is 33.4 Å². The van der Waals surface area contributed by atoms with Gasteiger partial charge in [-0.2, -0.15) is 0 Å². The number of piperidine rings is 1. The Labute approximate surface area is 139 Å². The van der Waals surface area contributed by atoms with Gasteiger partial charge in [0.05, 0.1) is 24.9 Å². The minimum atomic E-state index is 0.132. The van der Waals surface area contributed by atoms with Crippen LogP contribution in [0, 0.1) is 3.57 Å². The Morgan fingerprint density at radius 2 is 2.00 bits per heavy atom. The summed E-state index contributed by atoms with van der Waals surface area (Å²) >= 11 is 2.22. The average Bonchev–Trinajstić information content (AvgIpc) is 2.52. The van der Waals surface area contributed by atoms with Crippen LogP contribution in [0.5, 0.6) is 0 Å². The highest BCUT2D eigenvalue weighted by molar-refractivity contribution is 14.1. The van der Waals surface area contributed by atoms with Crippen molar-refractivity contribution in [2.24, 2.45) is 0 Å². The molecule has 4 nitrogen and oxygen atoms in total. The van der Waals surface area contributed by atoms with Gasteiger partial charge < -0.3 is 14.4 Å². The lowest BCUT2D eigenvalue weighted by Crippen LogP contribution is -2.41. The SMILES string of the molecule is CCOCCOC1CCN(C(=O)c2ccccc2I)CC1. The second kappa shape index (κ2) is 8.70. The van der Waals surface area contributed by atoms with Gasteiger partial charge in [-0.15, -0.1) is 0 Å². The van der Waals surface area contributed by atoms with Crippen LogP contribution in [-0.2, 0) is 9.47 Å². The summed E-state index contributed by atoms with van der Waals surface area (Å²) in [6, 6.07) is 7.74. The van der Waals surface area contributed by atoms with Gasteiger partial charge in [0.2, 0.25) is 0 Å². The van der Waals surface area contributed by atoms with Crippen molar-refractivity contribution < 1.29 is 14.3 Å². The summed E-state index contributed by atoms with van der Waals surface area (Å²) in [7, 11) is 0. The van der Waals surface area contributed by atoms with E-state index in [1.165, 1.54) is 0 Å². The summed E-state index contributed by atoms with van der Waals surface area (Å²) in [5.74, 6) is 0.132. The number of hydrogen-bond acceptors (Lipinski definition) is 3. The molecule has 1 aliphatic heterocycles. The molecule has 0 bridgehead atoms. The van der Waals surface area contributed by atoms with Crippen LogP contribution in [0.15, 0.2) is 24.3 Å². The number of amides is 1. The number of rotatable bonds is 6. The van der Waals surface area contributed by atoms with Gasteiger partial charge in [-0.1, -0.05) is 12.1 Å². The zero-order chi connectivity index (χ0) is 15.1. The molecular formula is C16H22INO3. The molecule has 0 radical (unpaired) electrons. The van der Waals surface area contributed by atoms with E-state index >= 15 is 0 Å². The molecule has 5 heteroatoms. The molecule has 1 amide bonds. The summed E-state index contributed by atoms with van der Waals surface area (Å²) in [4.78, 5) is 14.4. The van der Waals surface area contributed by atoms with Gasteiger partial charge >= 0.3 is 0 Å². The predicted octanol–water partition coefficient (Wildman–Crippen LogP) is 2.95. The number of carbonyl (C=O) groups excluding carboxylic acids is 1. The summed E-state index contributed by atoms with van der Waals surface area (Å²) in [5, 5.41) is 0. The van der Waals surface area contributed by atoms with Crippen LogP contribution in [-0.4, -0.2) is 49.8 Å². The van der Waals surface area contributed by atoms with Gasteiger partial charge in [0.25, 0.3) is 5.91 Å². The fourth-order valence-electron chi connectivity index (χ4n) is 2.45. The summed E-state index contributed by atoms with van der Waals surface area (Å²) in [6.45, 7) is 5.54. The second-order valence-corrected chi connectivity index (χ2v) is 6.20. The third-order valence-electron chi connectivity index (χ3n) is 3.62. The van der Waals surface area contributed by atoms with Crippen molar-refractivity contribution in [3.8, 4) is 0 Å². The third kappa shape index (κ3) is 4.93. The van der Waals surface area contributed by atoms with Crippen LogP contribution in [0.2, 0.25) is 0 Å². The van der Waals surface area contributed by atoms with Gasteiger partial charge in [-0.25, -0.2) is 0 Å². The average molecular weight is 403 g/mol. The van der Waals surface area contributed by atoms with Crippen molar-refractivity contribution in [1.82, 2.24) is 4.90 Å². The fraction of sp³-hybridized carbons (Fsp3) is 0.562. The lowest BCUT2D eigenvalue weighted by molar-refractivity contribution is -0.0182. The fourth-order valence-corrected chi connectivity index (χ4v) is 3.07. The van der Waals surface area contributed by atoms with Gasteiger partial charge in [-0.05, 0) is 54.5 Å². The zero-order valence-corrected chi connectivity index (χ0v) is 14.5. The molecule has 0 aromatic heterocycles. The van der Waals surface area contributed by atoms with Gasteiger partial charge in [-0.3, -0.25) is 4.79 Å². The normalized spacial score (nSPS) is 16.2. The highest BCUT2D eigenvalue weighted by Crippen LogP contribution is 2.19. The Morgan fingerprint density at radius 1 is 1.29 bits per heavy atom. The number of halogens is 1. The van der Waals surface area contributed by atoms with Crippen LogP contribution in [0.1, 0.15) is 30.1 Å². The molecule has 1 aromatic carbocycles. The lowest BCUT2D eigenvalue weighted by Gasteiger charge is -2.32. The third-order valence-corrected chi connectivity index (χ3v) is 4.56. The first-order valence-corrected chi connectivity index (χ1v) is 8.53. The van der Waals surface area contributed by atoms with E-state index in [1.54, 1.807) is 0 Å². The highest BCUT2D eigenvalue weighted by atomic mass is 127.